The van der Waals surface area contributed by atoms with E-state index in [-0.39, 0.29) is 11.8 Å². The van der Waals surface area contributed by atoms with Crippen molar-refractivity contribution in [2.24, 2.45) is 12.5 Å². The Hall–Kier alpha value is -2.37. The number of carbonyl (C=O) groups is 2. The number of para-hydroxylation sites is 1. The molecule has 2 heterocycles. The third-order valence-electron chi connectivity index (χ3n) is 5.06. The number of rotatable bonds is 3. The van der Waals surface area contributed by atoms with Crippen LogP contribution in [0.3, 0.4) is 0 Å². The van der Waals surface area contributed by atoms with Crippen molar-refractivity contribution < 1.29 is 9.59 Å². The summed E-state index contributed by atoms with van der Waals surface area (Å²) < 4.78 is 2.03. The predicted molar refractivity (Wildman–Crippen MR) is 92.3 cm³/mol. The first-order valence-electron chi connectivity index (χ1n) is 8.26. The molecule has 6 nitrogen and oxygen atoms in total. The molecule has 2 amide bonds. The first-order chi connectivity index (χ1) is 11.3. The van der Waals surface area contributed by atoms with E-state index in [0.29, 0.717) is 26.1 Å². The van der Waals surface area contributed by atoms with Gasteiger partial charge in [0.1, 0.15) is 5.82 Å². The third-order valence-corrected chi connectivity index (χ3v) is 5.06. The average molecular weight is 328 g/mol. The molecule has 1 aromatic carbocycles. The van der Waals surface area contributed by atoms with Crippen molar-refractivity contribution >= 4 is 22.8 Å². The Bertz CT molecular complexity index is 811. The Morgan fingerprint density at radius 2 is 2.12 bits per heavy atom. The number of carbonyl (C=O) groups excluding carboxylic acids is 2. The molecule has 1 saturated heterocycles. The van der Waals surface area contributed by atoms with Gasteiger partial charge in [-0.05, 0) is 31.9 Å². The van der Waals surface area contributed by atoms with E-state index in [2.05, 4.69) is 23.3 Å². The normalized spacial score (nSPS) is 20.6. The molecule has 128 valence electrons. The van der Waals surface area contributed by atoms with Crippen molar-refractivity contribution in [1.29, 1.82) is 0 Å². The van der Waals surface area contributed by atoms with Crippen LogP contribution in [0.15, 0.2) is 18.2 Å². The quantitative estimate of drug-likeness (QED) is 0.933. The van der Waals surface area contributed by atoms with Crippen LogP contribution in [0.4, 0.5) is 0 Å². The molecule has 1 atom stereocenters. The largest absolute Gasteiger partial charge is 0.348 e. The van der Waals surface area contributed by atoms with Crippen molar-refractivity contribution in [3.05, 3.63) is 29.6 Å². The fraction of sp³-hybridized carbons (Fsp3) is 0.500. The summed E-state index contributed by atoms with van der Waals surface area (Å²) in [5.74, 6) is 0.838. The molecule has 1 aliphatic rings. The van der Waals surface area contributed by atoms with Gasteiger partial charge in [-0.15, -0.1) is 0 Å². The van der Waals surface area contributed by atoms with Crippen LogP contribution >= 0.6 is 0 Å². The van der Waals surface area contributed by atoms with E-state index in [4.69, 9.17) is 0 Å². The van der Waals surface area contributed by atoms with Crippen molar-refractivity contribution in [1.82, 2.24) is 19.8 Å². The summed E-state index contributed by atoms with van der Waals surface area (Å²) in [4.78, 5) is 30.5. The maximum absolute atomic E-state index is 12.6. The molecule has 24 heavy (non-hydrogen) atoms. The van der Waals surface area contributed by atoms with E-state index in [1.165, 1.54) is 5.56 Å². The highest BCUT2D eigenvalue weighted by Crippen LogP contribution is 2.30. The smallest absolute Gasteiger partial charge is 0.228 e. The number of hydrogen-bond acceptors (Lipinski definition) is 3. The van der Waals surface area contributed by atoms with E-state index < -0.39 is 5.41 Å². The van der Waals surface area contributed by atoms with Crippen LogP contribution in [0.5, 0.6) is 0 Å². The number of aryl methyl sites for hydroxylation is 2. The molecule has 0 radical (unpaired) electrons. The summed E-state index contributed by atoms with van der Waals surface area (Å²) >= 11 is 0. The van der Waals surface area contributed by atoms with Crippen LogP contribution in [0.2, 0.25) is 0 Å². The summed E-state index contributed by atoms with van der Waals surface area (Å²) in [6.45, 7) is 7.04. The molecule has 0 bridgehead atoms. The van der Waals surface area contributed by atoms with Crippen molar-refractivity contribution in [2.75, 3.05) is 13.1 Å². The summed E-state index contributed by atoms with van der Waals surface area (Å²) in [7, 11) is 1.97. The van der Waals surface area contributed by atoms with Gasteiger partial charge in [-0.25, -0.2) is 4.98 Å². The lowest BCUT2D eigenvalue weighted by molar-refractivity contribution is -0.131. The third kappa shape index (κ3) is 2.77. The van der Waals surface area contributed by atoms with Gasteiger partial charge in [-0.3, -0.25) is 9.59 Å². The Morgan fingerprint density at radius 1 is 1.38 bits per heavy atom. The van der Waals surface area contributed by atoms with E-state index in [9.17, 15) is 9.59 Å². The average Bonchev–Trinajstić information content (AvgIpc) is 3.08. The molecule has 2 aromatic rings. The second-order valence-corrected chi connectivity index (χ2v) is 6.96. The van der Waals surface area contributed by atoms with Crippen molar-refractivity contribution in [3.63, 3.8) is 0 Å². The SMILES string of the molecule is CC(=O)N1CCC(C)(C(=O)NCc2nc3cccc(C)c3n2C)C1. The number of nitrogens with zero attached hydrogens (tertiary/aromatic N) is 3. The Morgan fingerprint density at radius 3 is 2.75 bits per heavy atom. The summed E-state index contributed by atoms with van der Waals surface area (Å²) in [5.41, 5.74) is 2.68. The van der Waals surface area contributed by atoms with Crippen LogP contribution in [0, 0.1) is 12.3 Å². The predicted octanol–water partition coefficient (Wildman–Crippen LogP) is 1.76. The van der Waals surface area contributed by atoms with Gasteiger partial charge in [0.2, 0.25) is 11.8 Å². The van der Waals surface area contributed by atoms with Crippen LogP contribution < -0.4 is 5.32 Å². The minimum atomic E-state index is -0.522. The summed E-state index contributed by atoms with van der Waals surface area (Å²) in [5, 5.41) is 3.00. The highest BCUT2D eigenvalue weighted by Gasteiger charge is 2.41. The monoisotopic (exact) mass is 328 g/mol. The zero-order valence-corrected chi connectivity index (χ0v) is 14.7. The van der Waals surface area contributed by atoms with Gasteiger partial charge in [0, 0.05) is 27.1 Å². The second kappa shape index (κ2) is 5.92. The fourth-order valence-corrected chi connectivity index (χ4v) is 3.46. The number of benzene rings is 1. The number of aromatic nitrogens is 2. The van der Waals surface area contributed by atoms with Gasteiger partial charge in [-0.1, -0.05) is 12.1 Å². The molecule has 1 aliphatic heterocycles. The topological polar surface area (TPSA) is 67.2 Å². The Balaban J connectivity index is 1.72. The van der Waals surface area contributed by atoms with E-state index in [0.717, 1.165) is 16.9 Å². The molecular weight excluding hydrogens is 304 g/mol. The maximum Gasteiger partial charge on any atom is 0.228 e. The number of hydrogen-bond donors (Lipinski definition) is 1. The van der Waals surface area contributed by atoms with Gasteiger partial charge in [0.25, 0.3) is 0 Å². The van der Waals surface area contributed by atoms with Crippen molar-refractivity contribution in [2.45, 2.75) is 33.7 Å². The van der Waals surface area contributed by atoms with Crippen LogP contribution in [0.1, 0.15) is 31.7 Å². The van der Waals surface area contributed by atoms with E-state index >= 15 is 0 Å². The van der Waals surface area contributed by atoms with Gasteiger partial charge >= 0.3 is 0 Å². The van der Waals surface area contributed by atoms with Gasteiger partial charge in [-0.2, -0.15) is 0 Å². The molecule has 3 rings (SSSR count). The van der Waals surface area contributed by atoms with Crippen molar-refractivity contribution in [3.8, 4) is 0 Å². The highest BCUT2D eigenvalue weighted by molar-refractivity contribution is 5.85. The van der Waals surface area contributed by atoms with Gasteiger partial charge in [0.15, 0.2) is 0 Å². The van der Waals surface area contributed by atoms with Gasteiger partial charge < -0.3 is 14.8 Å². The Labute approximate surface area is 141 Å². The maximum atomic E-state index is 12.6. The zero-order chi connectivity index (χ0) is 17.5. The lowest BCUT2D eigenvalue weighted by atomic mass is 9.89. The number of amides is 2. The molecular formula is C18H24N4O2. The number of imidazole rings is 1. The number of fused-ring (bicyclic) bond motifs is 1. The van der Waals surface area contributed by atoms with Crippen LogP contribution in [-0.4, -0.2) is 39.4 Å². The Kier molecular flexibility index (Phi) is 4.07. The molecule has 0 aliphatic carbocycles. The molecule has 6 heteroatoms. The van der Waals surface area contributed by atoms with Crippen LogP contribution in [-0.2, 0) is 23.2 Å². The highest BCUT2D eigenvalue weighted by atomic mass is 16.2. The first kappa shape index (κ1) is 16.5. The lowest BCUT2D eigenvalue weighted by Crippen LogP contribution is -2.41. The summed E-state index contributed by atoms with van der Waals surface area (Å²) in [6, 6.07) is 6.03. The zero-order valence-electron chi connectivity index (χ0n) is 14.7. The number of nitrogens with one attached hydrogen (secondary N) is 1. The van der Waals surface area contributed by atoms with Crippen LogP contribution in [0.25, 0.3) is 11.0 Å². The first-order valence-corrected chi connectivity index (χ1v) is 8.26. The second-order valence-electron chi connectivity index (χ2n) is 6.96. The molecule has 1 aromatic heterocycles. The minimum Gasteiger partial charge on any atom is -0.348 e. The standard InChI is InChI=1S/C18H24N4O2/c1-12-6-5-7-14-16(12)21(4)15(20-14)10-19-17(24)18(3)8-9-22(11-18)13(2)23/h5-7H,8-11H2,1-4H3,(H,19,24). The van der Waals surface area contributed by atoms with E-state index in [1.807, 2.05) is 30.7 Å². The summed E-state index contributed by atoms with van der Waals surface area (Å²) in [6.07, 6.45) is 0.695. The minimum absolute atomic E-state index is 0.0185. The fourth-order valence-electron chi connectivity index (χ4n) is 3.46. The lowest BCUT2D eigenvalue weighted by Gasteiger charge is -2.23. The van der Waals surface area contributed by atoms with Gasteiger partial charge in [0.05, 0.1) is 23.0 Å². The molecule has 1 N–H and O–H groups in total. The molecule has 0 saturated carbocycles. The molecule has 0 spiro atoms. The van der Waals surface area contributed by atoms with E-state index in [1.54, 1.807) is 11.8 Å². The molecule has 1 unspecified atom stereocenters. The number of likely N-dealkylation sites (tertiary alicyclic amines) is 1. The molecule has 1 fully saturated rings.